The fraction of sp³-hybridized carbons (Fsp3) is 0.556. The zero-order valence-electron chi connectivity index (χ0n) is 17.3. The summed E-state index contributed by atoms with van der Waals surface area (Å²) in [5, 5.41) is 10.1. The third-order valence-electron chi connectivity index (χ3n) is 4.58. The number of alkyl halides is 3. The molecule has 172 valence electrons. The van der Waals surface area contributed by atoms with Crippen molar-refractivity contribution in [3.63, 3.8) is 0 Å². The molecule has 9 nitrogen and oxygen atoms in total. The van der Waals surface area contributed by atoms with Crippen molar-refractivity contribution >= 4 is 23.2 Å². The van der Waals surface area contributed by atoms with Gasteiger partial charge in [-0.05, 0) is 6.92 Å². The molecule has 13 heteroatoms. The van der Waals surface area contributed by atoms with Crippen LogP contribution >= 0.6 is 11.3 Å². The molecule has 2 aromatic rings. The van der Waals surface area contributed by atoms with Gasteiger partial charge in [-0.1, -0.05) is 0 Å². The average Bonchev–Trinajstić information content (AvgIpc) is 3.27. The van der Waals surface area contributed by atoms with Gasteiger partial charge in [0.25, 0.3) is 0 Å². The lowest BCUT2D eigenvalue weighted by atomic mass is 9.97. The van der Waals surface area contributed by atoms with Crippen molar-refractivity contribution in [2.45, 2.75) is 32.1 Å². The minimum Gasteiger partial charge on any atom is -0.475 e. The van der Waals surface area contributed by atoms with Crippen molar-refractivity contribution in [3.05, 3.63) is 33.8 Å². The number of carbonyl (C=O) groups is 2. The largest absolute Gasteiger partial charge is 0.490 e. The number of hydrogen-bond donors (Lipinski definition) is 2. The predicted octanol–water partition coefficient (Wildman–Crippen LogP) is 1.68. The minimum atomic E-state index is -5.08. The summed E-state index contributed by atoms with van der Waals surface area (Å²) >= 11 is 1.66. The van der Waals surface area contributed by atoms with Gasteiger partial charge in [0.05, 0.1) is 41.4 Å². The first-order valence-electron chi connectivity index (χ1n) is 9.22. The standard InChI is InChI=1S/C16H23N5O2S.C2HF3O2/c1-11-14(24-10-19-11)8-21-6-12(16(22)17-4-5-23-3)15-13(7-21)18-9-20(15)2;3-2(4,5)1(6)7/h9-10,12H,4-8H2,1-3H3,(H,17,22);(H,6,7). The lowest BCUT2D eigenvalue weighted by Crippen LogP contribution is -2.42. The van der Waals surface area contributed by atoms with Crippen LogP contribution in [0.15, 0.2) is 11.8 Å². The van der Waals surface area contributed by atoms with Crippen LogP contribution in [0.5, 0.6) is 0 Å². The van der Waals surface area contributed by atoms with Crippen molar-refractivity contribution < 1.29 is 32.6 Å². The molecule has 0 radical (unpaired) electrons. The van der Waals surface area contributed by atoms with E-state index < -0.39 is 12.1 Å². The summed E-state index contributed by atoms with van der Waals surface area (Å²) in [5.74, 6) is -2.94. The van der Waals surface area contributed by atoms with Gasteiger partial charge in [0, 0.05) is 45.2 Å². The molecular formula is C18H24F3N5O4S. The number of fused-ring (bicyclic) bond motifs is 1. The molecule has 1 aliphatic heterocycles. The number of ether oxygens (including phenoxy) is 1. The number of amides is 1. The van der Waals surface area contributed by atoms with E-state index in [2.05, 4.69) is 20.2 Å². The lowest BCUT2D eigenvalue weighted by molar-refractivity contribution is -0.192. The van der Waals surface area contributed by atoms with E-state index in [4.69, 9.17) is 14.6 Å². The fourth-order valence-corrected chi connectivity index (χ4v) is 3.90. The Balaban J connectivity index is 0.000000423. The second-order valence-corrected chi connectivity index (χ2v) is 7.80. The highest BCUT2D eigenvalue weighted by Crippen LogP contribution is 2.29. The molecule has 1 atom stereocenters. The molecule has 0 saturated heterocycles. The number of rotatable bonds is 6. The van der Waals surface area contributed by atoms with E-state index >= 15 is 0 Å². The smallest absolute Gasteiger partial charge is 0.475 e. The topological polar surface area (TPSA) is 110 Å². The molecule has 0 aromatic carbocycles. The fourth-order valence-electron chi connectivity index (χ4n) is 3.09. The highest BCUT2D eigenvalue weighted by molar-refractivity contribution is 7.09. The van der Waals surface area contributed by atoms with Gasteiger partial charge in [-0.3, -0.25) is 9.69 Å². The van der Waals surface area contributed by atoms with Crippen LogP contribution in [0.3, 0.4) is 0 Å². The number of nitrogens with one attached hydrogen (secondary N) is 1. The molecule has 1 unspecified atom stereocenters. The SMILES string of the molecule is COCCNC(=O)C1CN(Cc2scnc2C)Cc2ncn(C)c21.O=C(O)C(F)(F)F. The number of halogens is 3. The van der Waals surface area contributed by atoms with E-state index in [1.54, 1.807) is 24.8 Å². The Morgan fingerprint density at radius 1 is 1.39 bits per heavy atom. The Labute approximate surface area is 180 Å². The normalized spacial score (nSPS) is 16.3. The summed E-state index contributed by atoms with van der Waals surface area (Å²) in [6.07, 6.45) is -3.29. The Morgan fingerprint density at radius 3 is 2.61 bits per heavy atom. The molecule has 0 fully saturated rings. The van der Waals surface area contributed by atoms with Gasteiger partial charge in [0.15, 0.2) is 0 Å². The van der Waals surface area contributed by atoms with Gasteiger partial charge >= 0.3 is 12.1 Å². The number of aromatic nitrogens is 3. The summed E-state index contributed by atoms with van der Waals surface area (Å²) in [5.41, 5.74) is 4.93. The Kier molecular flexibility index (Phi) is 8.53. The van der Waals surface area contributed by atoms with E-state index in [-0.39, 0.29) is 11.8 Å². The second kappa shape index (κ2) is 10.7. The van der Waals surface area contributed by atoms with Crippen LogP contribution in [-0.4, -0.2) is 69.4 Å². The summed E-state index contributed by atoms with van der Waals surface area (Å²) in [6.45, 7) is 5.30. The molecule has 1 amide bonds. The van der Waals surface area contributed by atoms with E-state index in [1.807, 2.05) is 24.0 Å². The summed E-state index contributed by atoms with van der Waals surface area (Å²) in [4.78, 5) is 33.9. The van der Waals surface area contributed by atoms with Crippen molar-refractivity contribution in [1.29, 1.82) is 0 Å². The van der Waals surface area contributed by atoms with Crippen LogP contribution in [0.4, 0.5) is 13.2 Å². The van der Waals surface area contributed by atoms with E-state index in [1.165, 1.54) is 4.88 Å². The highest BCUT2D eigenvalue weighted by atomic mass is 32.1. The Bertz CT molecular complexity index is 899. The number of carboxylic acids is 1. The van der Waals surface area contributed by atoms with Gasteiger partial charge in [-0.15, -0.1) is 11.3 Å². The zero-order chi connectivity index (χ0) is 23.2. The number of aryl methyl sites for hydroxylation is 2. The molecule has 2 N–H and O–H groups in total. The van der Waals surface area contributed by atoms with Gasteiger partial charge in [0.2, 0.25) is 5.91 Å². The first-order valence-corrected chi connectivity index (χ1v) is 10.1. The lowest BCUT2D eigenvalue weighted by Gasteiger charge is -2.32. The van der Waals surface area contributed by atoms with Crippen LogP contribution in [-0.2, 0) is 34.5 Å². The minimum absolute atomic E-state index is 0.0302. The van der Waals surface area contributed by atoms with Crippen molar-refractivity contribution in [1.82, 2.24) is 24.8 Å². The Morgan fingerprint density at radius 2 is 2.06 bits per heavy atom. The van der Waals surface area contributed by atoms with Gasteiger partial charge < -0.3 is 19.7 Å². The van der Waals surface area contributed by atoms with Crippen LogP contribution in [0.1, 0.15) is 27.9 Å². The van der Waals surface area contributed by atoms with Crippen molar-refractivity contribution in [2.24, 2.45) is 7.05 Å². The van der Waals surface area contributed by atoms with Crippen LogP contribution in [0.2, 0.25) is 0 Å². The number of carbonyl (C=O) groups excluding carboxylic acids is 1. The maximum Gasteiger partial charge on any atom is 0.490 e. The van der Waals surface area contributed by atoms with E-state index in [0.717, 1.165) is 30.2 Å². The maximum absolute atomic E-state index is 12.7. The zero-order valence-corrected chi connectivity index (χ0v) is 18.1. The van der Waals surface area contributed by atoms with Crippen LogP contribution in [0, 0.1) is 6.92 Å². The number of methoxy groups -OCH3 is 1. The first-order chi connectivity index (χ1) is 14.5. The average molecular weight is 463 g/mol. The molecule has 1 aliphatic rings. The van der Waals surface area contributed by atoms with Gasteiger partial charge in [0.1, 0.15) is 0 Å². The molecule has 0 bridgehead atoms. The van der Waals surface area contributed by atoms with Crippen molar-refractivity contribution in [2.75, 3.05) is 26.8 Å². The highest BCUT2D eigenvalue weighted by Gasteiger charge is 2.38. The van der Waals surface area contributed by atoms with Crippen LogP contribution < -0.4 is 5.32 Å². The number of imidazole rings is 1. The molecule has 0 aliphatic carbocycles. The number of nitrogens with zero attached hydrogens (tertiary/aromatic N) is 4. The first kappa shape index (κ1) is 24.8. The molecule has 3 rings (SSSR count). The number of carboxylic acid groups (broad SMARTS) is 1. The monoisotopic (exact) mass is 463 g/mol. The second-order valence-electron chi connectivity index (χ2n) is 6.86. The quantitative estimate of drug-likeness (QED) is 0.628. The molecule has 3 heterocycles. The van der Waals surface area contributed by atoms with Crippen LogP contribution in [0.25, 0.3) is 0 Å². The molecule has 0 spiro atoms. The number of hydrogen-bond acceptors (Lipinski definition) is 7. The maximum atomic E-state index is 12.7. The van der Waals surface area contributed by atoms with E-state index in [0.29, 0.717) is 19.7 Å². The third kappa shape index (κ3) is 6.74. The van der Waals surface area contributed by atoms with E-state index in [9.17, 15) is 18.0 Å². The summed E-state index contributed by atoms with van der Waals surface area (Å²) < 4.78 is 38.7. The summed E-state index contributed by atoms with van der Waals surface area (Å²) in [7, 11) is 3.58. The van der Waals surface area contributed by atoms with Gasteiger partial charge in [-0.25, -0.2) is 14.8 Å². The van der Waals surface area contributed by atoms with Gasteiger partial charge in [-0.2, -0.15) is 13.2 Å². The molecule has 2 aromatic heterocycles. The summed E-state index contributed by atoms with van der Waals surface area (Å²) in [6, 6.07) is 0. The Hall–Kier alpha value is -2.51. The molecule has 31 heavy (non-hydrogen) atoms. The molecule has 0 saturated carbocycles. The molecular weight excluding hydrogens is 439 g/mol. The van der Waals surface area contributed by atoms with Crippen molar-refractivity contribution in [3.8, 4) is 0 Å². The predicted molar refractivity (Wildman–Crippen MR) is 105 cm³/mol. The number of aliphatic carboxylic acids is 1. The third-order valence-corrected chi connectivity index (χ3v) is 5.50. The number of thiazole rings is 1.